The van der Waals surface area contributed by atoms with E-state index >= 15 is 0 Å². The van der Waals surface area contributed by atoms with Crippen LogP contribution >= 0.6 is 0 Å². The van der Waals surface area contributed by atoms with Gasteiger partial charge in [-0.1, -0.05) is 6.07 Å². The van der Waals surface area contributed by atoms with Gasteiger partial charge in [-0.05, 0) is 85.6 Å². The van der Waals surface area contributed by atoms with Crippen molar-refractivity contribution in [1.82, 2.24) is 0 Å². The predicted octanol–water partition coefficient (Wildman–Crippen LogP) is 4.86. The fourth-order valence-corrected chi connectivity index (χ4v) is 3.86. The predicted molar refractivity (Wildman–Crippen MR) is 109 cm³/mol. The summed E-state index contributed by atoms with van der Waals surface area (Å²) in [6, 6.07) is 19.6. The topological polar surface area (TPSA) is 67.4 Å². The zero-order valence-corrected chi connectivity index (χ0v) is 16.3. The van der Waals surface area contributed by atoms with Crippen LogP contribution in [0.3, 0.4) is 0 Å². The van der Waals surface area contributed by atoms with Crippen LogP contribution in [-0.2, 0) is 10.0 Å². The van der Waals surface area contributed by atoms with E-state index in [1.54, 1.807) is 24.3 Å². The van der Waals surface area contributed by atoms with Crippen LogP contribution in [0.1, 0.15) is 11.1 Å². The van der Waals surface area contributed by atoms with Crippen LogP contribution < -0.4 is 14.8 Å². The Bertz CT molecular complexity index is 1010. The summed E-state index contributed by atoms with van der Waals surface area (Å²) in [5.74, 6) is 0.607. The standard InChI is InChI=1S/C21H22N2O3S/c1-15-12-16(2)14-19(13-15)22-17-4-6-18(7-5-17)23-27(24,25)21-10-8-20(26-3)9-11-21/h4-14,22-23H,1-3H3. The molecule has 0 amide bonds. The number of nitrogens with one attached hydrogen (secondary N) is 2. The van der Waals surface area contributed by atoms with Crippen molar-refractivity contribution in [2.75, 3.05) is 17.1 Å². The van der Waals surface area contributed by atoms with E-state index in [0.717, 1.165) is 11.4 Å². The second-order valence-corrected chi connectivity index (χ2v) is 8.04. The Kier molecular flexibility index (Phi) is 5.37. The molecule has 0 bridgehead atoms. The zero-order chi connectivity index (χ0) is 19.4. The molecule has 3 rings (SSSR count). The summed E-state index contributed by atoms with van der Waals surface area (Å²) >= 11 is 0. The highest BCUT2D eigenvalue weighted by Crippen LogP contribution is 2.23. The van der Waals surface area contributed by atoms with Crippen molar-refractivity contribution >= 4 is 27.1 Å². The Labute approximate surface area is 160 Å². The SMILES string of the molecule is COc1ccc(S(=O)(=O)Nc2ccc(Nc3cc(C)cc(C)c3)cc2)cc1. The van der Waals surface area contributed by atoms with Crippen LogP contribution in [0, 0.1) is 13.8 Å². The molecule has 0 aliphatic rings. The number of methoxy groups -OCH3 is 1. The molecule has 6 heteroatoms. The van der Waals surface area contributed by atoms with E-state index in [9.17, 15) is 8.42 Å². The molecule has 0 saturated heterocycles. The van der Waals surface area contributed by atoms with Crippen LogP contribution in [0.5, 0.6) is 5.75 Å². The Morgan fingerprint density at radius 2 is 1.30 bits per heavy atom. The van der Waals surface area contributed by atoms with Crippen molar-refractivity contribution in [3.63, 3.8) is 0 Å². The summed E-state index contributed by atoms with van der Waals surface area (Å²) in [7, 11) is -2.11. The molecular weight excluding hydrogens is 360 g/mol. The molecule has 140 valence electrons. The van der Waals surface area contributed by atoms with Gasteiger partial charge < -0.3 is 10.1 Å². The van der Waals surface area contributed by atoms with E-state index < -0.39 is 10.0 Å². The third kappa shape index (κ3) is 4.80. The van der Waals surface area contributed by atoms with Gasteiger partial charge in [-0.2, -0.15) is 0 Å². The molecule has 0 atom stereocenters. The molecular formula is C21H22N2O3S. The van der Waals surface area contributed by atoms with Crippen LogP contribution in [-0.4, -0.2) is 15.5 Å². The quantitative estimate of drug-likeness (QED) is 0.639. The Morgan fingerprint density at radius 1 is 0.741 bits per heavy atom. The summed E-state index contributed by atoms with van der Waals surface area (Å²) in [4.78, 5) is 0.181. The lowest BCUT2D eigenvalue weighted by Gasteiger charge is -2.11. The third-order valence-corrected chi connectivity index (χ3v) is 5.41. The summed E-state index contributed by atoms with van der Waals surface area (Å²) in [5, 5.41) is 3.33. The van der Waals surface area contributed by atoms with E-state index in [4.69, 9.17) is 4.74 Å². The van der Waals surface area contributed by atoms with Gasteiger partial charge in [-0.25, -0.2) is 8.42 Å². The number of rotatable bonds is 6. The largest absolute Gasteiger partial charge is 0.497 e. The van der Waals surface area contributed by atoms with Crippen molar-refractivity contribution < 1.29 is 13.2 Å². The second-order valence-electron chi connectivity index (χ2n) is 6.36. The van der Waals surface area contributed by atoms with Gasteiger partial charge in [0.1, 0.15) is 5.75 Å². The van der Waals surface area contributed by atoms with Crippen molar-refractivity contribution in [3.8, 4) is 5.75 Å². The molecule has 0 unspecified atom stereocenters. The molecule has 0 aliphatic carbocycles. The van der Waals surface area contributed by atoms with Gasteiger partial charge in [0.05, 0.1) is 12.0 Å². The normalized spacial score (nSPS) is 11.1. The molecule has 0 fully saturated rings. The lowest BCUT2D eigenvalue weighted by Crippen LogP contribution is -2.12. The van der Waals surface area contributed by atoms with Crippen molar-refractivity contribution in [3.05, 3.63) is 77.9 Å². The lowest BCUT2D eigenvalue weighted by molar-refractivity contribution is 0.414. The van der Waals surface area contributed by atoms with E-state index in [0.29, 0.717) is 11.4 Å². The summed E-state index contributed by atoms with van der Waals surface area (Å²) in [6.45, 7) is 4.10. The Hall–Kier alpha value is -2.99. The highest BCUT2D eigenvalue weighted by molar-refractivity contribution is 7.92. The molecule has 0 spiro atoms. The van der Waals surface area contributed by atoms with Gasteiger partial charge in [0.15, 0.2) is 0 Å². The average molecular weight is 382 g/mol. The first kappa shape index (κ1) is 18.8. The van der Waals surface area contributed by atoms with Gasteiger partial charge >= 0.3 is 0 Å². The number of sulfonamides is 1. The third-order valence-electron chi connectivity index (χ3n) is 4.02. The highest BCUT2D eigenvalue weighted by Gasteiger charge is 2.14. The van der Waals surface area contributed by atoms with Gasteiger partial charge in [0.2, 0.25) is 0 Å². The van der Waals surface area contributed by atoms with Crippen LogP contribution in [0.25, 0.3) is 0 Å². The molecule has 0 heterocycles. The van der Waals surface area contributed by atoms with Gasteiger partial charge in [0.25, 0.3) is 10.0 Å². The van der Waals surface area contributed by atoms with Crippen molar-refractivity contribution in [2.45, 2.75) is 18.7 Å². The molecule has 2 N–H and O–H groups in total. The van der Waals surface area contributed by atoms with E-state index in [1.807, 2.05) is 12.1 Å². The number of benzene rings is 3. The highest BCUT2D eigenvalue weighted by atomic mass is 32.2. The maximum Gasteiger partial charge on any atom is 0.261 e. The van der Waals surface area contributed by atoms with Crippen LogP contribution in [0.2, 0.25) is 0 Å². The maximum absolute atomic E-state index is 12.5. The number of hydrogen-bond acceptors (Lipinski definition) is 4. The molecule has 3 aromatic rings. The smallest absolute Gasteiger partial charge is 0.261 e. The molecule has 0 aromatic heterocycles. The fourth-order valence-electron chi connectivity index (χ4n) is 2.80. The fraction of sp³-hybridized carbons (Fsp3) is 0.143. The van der Waals surface area contributed by atoms with Crippen LogP contribution in [0.4, 0.5) is 17.1 Å². The molecule has 27 heavy (non-hydrogen) atoms. The molecule has 3 aromatic carbocycles. The monoisotopic (exact) mass is 382 g/mol. The number of ether oxygens (including phenoxy) is 1. The molecule has 0 aliphatic heterocycles. The van der Waals surface area contributed by atoms with E-state index in [-0.39, 0.29) is 4.90 Å². The number of hydrogen-bond donors (Lipinski definition) is 2. The second kappa shape index (κ2) is 7.72. The lowest BCUT2D eigenvalue weighted by atomic mass is 10.1. The first-order valence-electron chi connectivity index (χ1n) is 8.48. The first-order valence-corrected chi connectivity index (χ1v) is 9.96. The van der Waals surface area contributed by atoms with Gasteiger partial charge in [-0.3, -0.25) is 4.72 Å². The Balaban J connectivity index is 1.72. The van der Waals surface area contributed by atoms with Gasteiger partial charge in [-0.15, -0.1) is 0 Å². The van der Waals surface area contributed by atoms with Crippen LogP contribution in [0.15, 0.2) is 71.6 Å². The summed E-state index contributed by atoms with van der Waals surface area (Å²) < 4.78 is 32.6. The summed E-state index contributed by atoms with van der Waals surface area (Å²) in [5.41, 5.74) is 4.74. The maximum atomic E-state index is 12.5. The molecule has 0 radical (unpaired) electrons. The minimum Gasteiger partial charge on any atom is -0.497 e. The molecule has 5 nitrogen and oxygen atoms in total. The van der Waals surface area contributed by atoms with Crippen molar-refractivity contribution in [1.29, 1.82) is 0 Å². The Morgan fingerprint density at radius 3 is 1.85 bits per heavy atom. The number of anilines is 3. The summed E-state index contributed by atoms with van der Waals surface area (Å²) in [6.07, 6.45) is 0. The van der Waals surface area contributed by atoms with E-state index in [1.165, 1.54) is 30.4 Å². The average Bonchev–Trinajstić information content (AvgIpc) is 2.62. The van der Waals surface area contributed by atoms with Crippen molar-refractivity contribution in [2.24, 2.45) is 0 Å². The first-order chi connectivity index (χ1) is 12.9. The van der Waals surface area contributed by atoms with Gasteiger partial charge in [0, 0.05) is 17.1 Å². The minimum absolute atomic E-state index is 0.181. The zero-order valence-electron chi connectivity index (χ0n) is 15.5. The number of aryl methyl sites for hydroxylation is 2. The minimum atomic E-state index is -3.65. The van der Waals surface area contributed by atoms with E-state index in [2.05, 4.69) is 42.1 Å². The molecule has 0 saturated carbocycles.